The molecule has 0 spiro atoms. The van der Waals surface area contributed by atoms with Crippen molar-refractivity contribution in [2.24, 2.45) is 0 Å². The molecular weight excluding hydrogens is 444 g/mol. The van der Waals surface area contributed by atoms with Crippen LogP contribution in [-0.4, -0.2) is 18.1 Å². The molecule has 4 nitrogen and oxygen atoms in total. The number of phenolic OH excluding ortho intramolecular Hbond substituents is 1. The van der Waals surface area contributed by atoms with Gasteiger partial charge in [0, 0.05) is 17.4 Å². The Morgan fingerprint density at radius 3 is 1.74 bits per heavy atom. The molecule has 4 aromatic carbocycles. The van der Waals surface area contributed by atoms with Gasteiger partial charge in [-0.25, -0.2) is 0 Å². The van der Waals surface area contributed by atoms with Crippen molar-refractivity contribution in [1.82, 2.24) is 0 Å². The highest BCUT2D eigenvalue weighted by Gasteiger charge is 2.23. The van der Waals surface area contributed by atoms with Crippen LogP contribution in [0, 0.1) is 0 Å². The van der Waals surface area contributed by atoms with E-state index in [1.165, 1.54) is 17.2 Å². The predicted molar refractivity (Wildman–Crippen MR) is 135 cm³/mol. The molecule has 0 amide bonds. The molecule has 0 aliphatic carbocycles. The van der Waals surface area contributed by atoms with Crippen LogP contribution >= 0.6 is 0 Å². The number of phenols is 1. The number of aromatic hydroxyl groups is 1. The van der Waals surface area contributed by atoms with Crippen molar-refractivity contribution in [3.63, 3.8) is 0 Å². The van der Waals surface area contributed by atoms with E-state index < -0.39 is 20.8 Å². The minimum absolute atomic E-state index is 0.235. The minimum Gasteiger partial charge on any atom is -0.506 e. The van der Waals surface area contributed by atoms with E-state index in [2.05, 4.69) is 31.2 Å². The lowest BCUT2D eigenvalue weighted by atomic mass is 9.87. The standard InChI is InChI=1S/C29H28O4S/c1-20(24-11-7-4-8-12-24)25-13-15-26(16-14-25)21(2)27-18-23(17-22-9-5-3-6-10-22)19-28(29(27)30)34(31,32)33/h3-16,18-21,30H,17H2,1-2H3,(H,31,32,33). The Hall–Kier alpha value is -3.41. The topological polar surface area (TPSA) is 74.6 Å². The zero-order chi connectivity index (χ0) is 24.3. The molecule has 34 heavy (non-hydrogen) atoms. The third-order valence-corrected chi connectivity index (χ3v) is 7.26. The van der Waals surface area contributed by atoms with Crippen LogP contribution in [-0.2, 0) is 16.5 Å². The van der Waals surface area contributed by atoms with Crippen molar-refractivity contribution < 1.29 is 18.1 Å². The Labute approximate surface area is 201 Å². The lowest BCUT2D eigenvalue weighted by Gasteiger charge is -2.19. The van der Waals surface area contributed by atoms with E-state index >= 15 is 0 Å². The summed E-state index contributed by atoms with van der Waals surface area (Å²) in [6, 6.07) is 31.2. The summed E-state index contributed by atoms with van der Waals surface area (Å²) in [7, 11) is -4.59. The highest BCUT2D eigenvalue weighted by atomic mass is 32.2. The van der Waals surface area contributed by atoms with Crippen molar-refractivity contribution in [3.8, 4) is 5.75 Å². The number of hydrogen-bond donors (Lipinski definition) is 2. The second kappa shape index (κ2) is 9.84. The predicted octanol–water partition coefficient (Wildman–Crippen LogP) is 6.53. The molecule has 2 unspecified atom stereocenters. The third-order valence-electron chi connectivity index (χ3n) is 6.40. The molecule has 2 N–H and O–H groups in total. The van der Waals surface area contributed by atoms with Gasteiger partial charge in [-0.05, 0) is 40.3 Å². The molecule has 0 aliphatic rings. The molecule has 2 atom stereocenters. The van der Waals surface area contributed by atoms with E-state index in [-0.39, 0.29) is 11.8 Å². The van der Waals surface area contributed by atoms with Crippen LogP contribution in [0.2, 0.25) is 0 Å². The summed E-state index contributed by atoms with van der Waals surface area (Å²) < 4.78 is 33.8. The maximum absolute atomic E-state index is 12.0. The summed E-state index contributed by atoms with van der Waals surface area (Å²) >= 11 is 0. The number of benzene rings is 4. The molecule has 0 bridgehead atoms. The van der Waals surface area contributed by atoms with E-state index in [0.29, 0.717) is 17.5 Å². The first-order valence-electron chi connectivity index (χ1n) is 11.3. The van der Waals surface area contributed by atoms with Crippen LogP contribution < -0.4 is 0 Å². The maximum atomic E-state index is 12.0. The second-order valence-electron chi connectivity index (χ2n) is 8.69. The Morgan fingerprint density at radius 1 is 0.676 bits per heavy atom. The molecule has 4 aromatic rings. The average molecular weight is 473 g/mol. The van der Waals surface area contributed by atoms with Gasteiger partial charge in [0.05, 0.1) is 0 Å². The van der Waals surface area contributed by atoms with Crippen LogP contribution in [0.1, 0.15) is 59.1 Å². The normalized spacial score (nSPS) is 13.4. The van der Waals surface area contributed by atoms with E-state index in [9.17, 15) is 18.1 Å². The highest BCUT2D eigenvalue weighted by Crippen LogP contribution is 2.37. The molecule has 5 heteroatoms. The van der Waals surface area contributed by atoms with E-state index in [4.69, 9.17) is 0 Å². The first-order chi connectivity index (χ1) is 16.2. The van der Waals surface area contributed by atoms with Gasteiger partial charge in [-0.2, -0.15) is 8.42 Å². The summed E-state index contributed by atoms with van der Waals surface area (Å²) in [5, 5.41) is 10.8. The van der Waals surface area contributed by atoms with Crippen molar-refractivity contribution in [3.05, 3.63) is 130 Å². The summed E-state index contributed by atoms with van der Waals surface area (Å²) in [6.45, 7) is 4.08. The van der Waals surface area contributed by atoms with Crippen LogP contribution in [0.4, 0.5) is 0 Å². The Morgan fingerprint density at radius 2 is 1.18 bits per heavy atom. The quantitative estimate of drug-likeness (QED) is 0.300. The monoisotopic (exact) mass is 472 g/mol. The van der Waals surface area contributed by atoms with Crippen molar-refractivity contribution in [2.75, 3.05) is 0 Å². The molecule has 174 valence electrons. The van der Waals surface area contributed by atoms with Gasteiger partial charge < -0.3 is 5.11 Å². The molecule has 0 saturated heterocycles. The highest BCUT2D eigenvalue weighted by molar-refractivity contribution is 7.86. The van der Waals surface area contributed by atoms with E-state index in [1.54, 1.807) is 0 Å². The molecule has 0 aliphatic heterocycles. The fraction of sp³-hybridized carbons (Fsp3) is 0.172. The largest absolute Gasteiger partial charge is 0.506 e. The Balaban J connectivity index is 1.69. The summed E-state index contributed by atoms with van der Waals surface area (Å²) in [5.74, 6) is -0.454. The second-order valence-corrected chi connectivity index (χ2v) is 10.1. The van der Waals surface area contributed by atoms with Gasteiger partial charge in [-0.15, -0.1) is 0 Å². The molecule has 0 saturated carbocycles. The van der Waals surface area contributed by atoms with E-state index in [1.807, 2.05) is 73.7 Å². The summed E-state index contributed by atoms with van der Waals surface area (Å²) in [5.41, 5.74) is 5.51. The van der Waals surface area contributed by atoms with E-state index in [0.717, 1.165) is 11.1 Å². The van der Waals surface area contributed by atoms with Crippen LogP contribution in [0.3, 0.4) is 0 Å². The number of rotatable bonds is 7. The minimum atomic E-state index is -4.59. The Bertz CT molecular complexity index is 1360. The zero-order valence-electron chi connectivity index (χ0n) is 19.2. The van der Waals surface area contributed by atoms with Gasteiger partial charge in [0.2, 0.25) is 0 Å². The average Bonchev–Trinajstić information content (AvgIpc) is 2.85. The Kier molecular flexibility index (Phi) is 6.87. The van der Waals surface area contributed by atoms with Crippen LogP contribution in [0.5, 0.6) is 5.75 Å². The van der Waals surface area contributed by atoms with Gasteiger partial charge in [-0.3, -0.25) is 4.55 Å². The number of hydrogen-bond acceptors (Lipinski definition) is 3. The molecule has 0 heterocycles. The molecule has 0 aromatic heterocycles. The fourth-order valence-electron chi connectivity index (χ4n) is 4.34. The van der Waals surface area contributed by atoms with Gasteiger partial charge >= 0.3 is 0 Å². The van der Waals surface area contributed by atoms with Gasteiger partial charge in [0.25, 0.3) is 10.1 Å². The van der Waals surface area contributed by atoms with Crippen molar-refractivity contribution in [2.45, 2.75) is 37.0 Å². The van der Waals surface area contributed by atoms with Crippen molar-refractivity contribution >= 4 is 10.1 Å². The van der Waals surface area contributed by atoms with Crippen LogP contribution in [0.15, 0.2) is 102 Å². The smallest absolute Gasteiger partial charge is 0.298 e. The van der Waals surface area contributed by atoms with Gasteiger partial charge in [0.15, 0.2) is 0 Å². The van der Waals surface area contributed by atoms with Crippen LogP contribution in [0.25, 0.3) is 0 Å². The first kappa shape index (κ1) is 23.7. The van der Waals surface area contributed by atoms with Crippen molar-refractivity contribution in [1.29, 1.82) is 0 Å². The molecule has 0 radical (unpaired) electrons. The third kappa shape index (κ3) is 5.22. The molecule has 0 fully saturated rings. The summed E-state index contributed by atoms with van der Waals surface area (Å²) in [4.78, 5) is -0.461. The summed E-state index contributed by atoms with van der Waals surface area (Å²) in [6.07, 6.45) is 0.483. The SMILES string of the molecule is CC(c1ccccc1)c1ccc(C(C)c2cc(Cc3ccccc3)cc(S(=O)(=O)O)c2O)cc1. The molecular formula is C29H28O4S. The molecule has 4 rings (SSSR count). The zero-order valence-corrected chi connectivity index (χ0v) is 20.0. The van der Waals surface area contributed by atoms with Gasteiger partial charge in [-0.1, -0.05) is 105 Å². The van der Waals surface area contributed by atoms with Gasteiger partial charge in [0.1, 0.15) is 10.6 Å². The lowest BCUT2D eigenvalue weighted by Crippen LogP contribution is -2.06. The lowest BCUT2D eigenvalue weighted by molar-refractivity contribution is 0.436. The first-order valence-corrected chi connectivity index (χ1v) is 12.7. The fourth-order valence-corrected chi connectivity index (χ4v) is 5.00. The maximum Gasteiger partial charge on any atom is 0.298 e.